The first-order valence-electron chi connectivity index (χ1n) is 5.76. The molecular formula is C13H20N2O. The van der Waals surface area contributed by atoms with Gasteiger partial charge in [-0.1, -0.05) is 12.1 Å². The average molecular weight is 220 g/mol. The van der Waals surface area contributed by atoms with Gasteiger partial charge >= 0.3 is 0 Å². The maximum atomic E-state index is 11.9. The van der Waals surface area contributed by atoms with E-state index in [0.29, 0.717) is 19.5 Å². The van der Waals surface area contributed by atoms with Gasteiger partial charge in [-0.25, -0.2) is 0 Å². The highest BCUT2D eigenvalue weighted by atomic mass is 16.2. The van der Waals surface area contributed by atoms with Crippen LogP contribution in [0.4, 0.5) is 5.69 Å². The lowest BCUT2D eigenvalue weighted by molar-refractivity contribution is -0.118. The average Bonchev–Trinajstić information content (AvgIpc) is 2.27. The van der Waals surface area contributed by atoms with Gasteiger partial charge < -0.3 is 10.6 Å². The first-order valence-corrected chi connectivity index (χ1v) is 5.76. The van der Waals surface area contributed by atoms with Gasteiger partial charge in [-0.3, -0.25) is 4.79 Å². The monoisotopic (exact) mass is 220 g/mol. The van der Waals surface area contributed by atoms with Crippen LogP contribution in [0.3, 0.4) is 0 Å². The summed E-state index contributed by atoms with van der Waals surface area (Å²) in [6.45, 7) is 5.29. The minimum absolute atomic E-state index is 0.151. The van der Waals surface area contributed by atoms with E-state index in [4.69, 9.17) is 5.73 Å². The van der Waals surface area contributed by atoms with Gasteiger partial charge in [0.1, 0.15) is 0 Å². The maximum absolute atomic E-state index is 11.9. The van der Waals surface area contributed by atoms with E-state index in [2.05, 4.69) is 0 Å². The third-order valence-electron chi connectivity index (χ3n) is 2.53. The van der Waals surface area contributed by atoms with E-state index in [1.165, 1.54) is 5.56 Å². The van der Waals surface area contributed by atoms with Crippen LogP contribution in [0.1, 0.15) is 25.3 Å². The summed E-state index contributed by atoms with van der Waals surface area (Å²) >= 11 is 0. The standard InChI is InChI=1S/C13H20N2O/c1-3-15(13(16)8-5-9-14)12-7-4-6-11(2)10-12/h4,6-7,10H,3,5,8-9,14H2,1-2H3. The Hall–Kier alpha value is -1.35. The molecule has 0 heterocycles. The van der Waals surface area contributed by atoms with Crippen LogP contribution in [0, 0.1) is 6.92 Å². The summed E-state index contributed by atoms with van der Waals surface area (Å²) in [5.41, 5.74) is 7.56. The Morgan fingerprint density at radius 3 is 2.75 bits per heavy atom. The molecule has 0 atom stereocenters. The fourth-order valence-corrected chi connectivity index (χ4v) is 1.69. The minimum atomic E-state index is 0.151. The van der Waals surface area contributed by atoms with Crippen molar-refractivity contribution >= 4 is 11.6 Å². The lowest BCUT2D eigenvalue weighted by Crippen LogP contribution is -2.30. The number of nitrogens with zero attached hydrogens (tertiary/aromatic N) is 1. The molecule has 0 aliphatic rings. The molecule has 0 saturated heterocycles. The van der Waals surface area contributed by atoms with Crippen molar-refractivity contribution in [3.8, 4) is 0 Å². The van der Waals surface area contributed by atoms with Gasteiger partial charge in [-0.15, -0.1) is 0 Å². The van der Waals surface area contributed by atoms with Gasteiger partial charge in [-0.05, 0) is 44.5 Å². The van der Waals surface area contributed by atoms with E-state index < -0.39 is 0 Å². The molecule has 0 unspecified atom stereocenters. The topological polar surface area (TPSA) is 46.3 Å². The number of amides is 1. The van der Waals surface area contributed by atoms with E-state index in [1.807, 2.05) is 43.0 Å². The predicted octanol–water partition coefficient (Wildman–Crippen LogP) is 2.09. The molecule has 2 N–H and O–H groups in total. The van der Waals surface area contributed by atoms with E-state index in [1.54, 1.807) is 0 Å². The van der Waals surface area contributed by atoms with Gasteiger partial charge in [0.15, 0.2) is 0 Å². The number of hydrogen-bond acceptors (Lipinski definition) is 2. The lowest BCUT2D eigenvalue weighted by atomic mass is 10.2. The first-order chi connectivity index (χ1) is 7.69. The molecule has 3 heteroatoms. The highest BCUT2D eigenvalue weighted by molar-refractivity contribution is 5.93. The van der Waals surface area contributed by atoms with Gasteiger partial charge in [0.25, 0.3) is 0 Å². The van der Waals surface area contributed by atoms with E-state index >= 15 is 0 Å². The largest absolute Gasteiger partial charge is 0.330 e. The summed E-state index contributed by atoms with van der Waals surface area (Å²) in [6, 6.07) is 8.01. The SMILES string of the molecule is CCN(C(=O)CCCN)c1cccc(C)c1. The molecule has 0 saturated carbocycles. The van der Waals surface area contributed by atoms with Crippen molar-refractivity contribution in [3.05, 3.63) is 29.8 Å². The molecule has 1 aromatic rings. The van der Waals surface area contributed by atoms with E-state index in [9.17, 15) is 4.79 Å². The van der Waals surface area contributed by atoms with Crippen molar-refractivity contribution in [2.75, 3.05) is 18.0 Å². The summed E-state index contributed by atoms with van der Waals surface area (Å²) in [5.74, 6) is 0.151. The van der Waals surface area contributed by atoms with Crippen molar-refractivity contribution in [1.29, 1.82) is 0 Å². The van der Waals surface area contributed by atoms with Crippen molar-refractivity contribution < 1.29 is 4.79 Å². The molecule has 88 valence electrons. The number of aryl methyl sites for hydroxylation is 1. The Bertz CT molecular complexity index is 350. The molecule has 1 rings (SSSR count). The fourth-order valence-electron chi connectivity index (χ4n) is 1.69. The molecule has 0 spiro atoms. The Morgan fingerprint density at radius 2 is 2.19 bits per heavy atom. The molecule has 0 aliphatic carbocycles. The summed E-state index contributed by atoms with van der Waals surface area (Å²) in [6.07, 6.45) is 1.28. The quantitative estimate of drug-likeness (QED) is 0.826. The fraction of sp³-hybridized carbons (Fsp3) is 0.462. The van der Waals surface area contributed by atoms with Gasteiger partial charge in [0, 0.05) is 18.7 Å². The van der Waals surface area contributed by atoms with Crippen LogP contribution < -0.4 is 10.6 Å². The van der Waals surface area contributed by atoms with Crippen LogP contribution in [0.15, 0.2) is 24.3 Å². The number of anilines is 1. The zero-order valence-electron chi connectivity index (χ0n) is 10.1. The highest BCUT2D eigenvalue weighted by Crippen LogP contribution is 2.16. The van der Waals surface area contributed by atoms with Gasteiger partial charge in [0.05, 0.1) is 0 Å². The molecule has 3 nitrogen and oxygen atoms in total. The predicted molar refractivity (Wildman–Crippen MR) is 67.5 cm³/mol. The Balaban J connectivity index is 2.77. The van der Waals surface area contributed by atoms with Gasteiger partial charge in [0.2, 0.25) is 5.91 Å². The lowest BCUT2D eigenvalue weighted by Gasteiger charge is -2.21. The van der Waals surface area contributed by atoms with Crippen molar-refractivity contribution in [3.63, 3.8) is 0 Å². The van der Waals surface area contributed by atoms with E-state index in [-0.39, 0.29) is 5.91 Å². The molecule has 1 aromatic carbocycles. The number of carbonyl (C=O) groups is 1. The second-order valence-electron chi connectivity index (χ2n) is 3.87. The van der Waals surface area contributed by atoms with Crippen molar-refractivity contribution in [1.82, 2.24) is 0 Å². The smallest absolute Gasteiger partial charge is 0.227 e. The van der Waals surface area contributed by atoms with Crippen LogP contribution in [-0.4, -0.2) is 19.0 Å². The van der Waals surface area contributed by atoms with Crippen LogP contribution in [0.2, 0.25) is 0 Å². The van der Waals surface area contributed by atoms with Crippen molar-refractivity contribution in [2.45, 2.75) is 26.7 Å². The van der Waals surface area contributed by atoms with Crippen LogP contribution in [0.5, 0.6) is 0 Å². The van der Waals surface area contributed by atoms with E-state index in [0.717, 1.165) is 12.1 Å². The number of rotatable bonds is 5. The molecule has 0 bridgehead atoms. The molecule has 16 heavy (non-hydrogen) atoms. The molecule has 0 fully saturated rings. The number of hydrogen-bond donors (Lipinski definition) is 1. The Kier molecular flexibility index (Phi) is 4.99. The molecule has 1 amide bonds. The van der Waals surface area contributed by atoms with Crippen LogP contribution >= 0.6 is 0 Å². The molecule has 0 aliphatic heterocycles. The molecular weight excluding hydrogens is 200 g/mol. The summed E-state index contributed by atoms with van der Waals surface area (Å²) in [5, 5.41) is 0. The highest BCUT2D eigenvalue weighted by Gasteiger charge is 2.12. The Labute approximate surface area is 97.2 Å². The second kappa shape index (κ2) is 6.28. The summed E-state index contributed by atoms with van der Waals surface area (Å²) in [7, 11) is 0. The maximum Gasteiger partial charge on any atom is 0.227 e. The zero-order chi connectivity index (χ0) is 12.0. The third kappa shape index (κ3) is 3.35. The minimum Gasteiger partial charge on any atom is -0.330 e. The number of benzene rings is 1. The number of carbonyl (C=O) groups excluding carboxylic acids is 1. The zero-order valence-corrected chi connectivity index (χ0v) is 10.1. The molecule has 0 radical (unpaired) electrons. The summed E-state index contributed by atoms with van der Waals surface area (Å²) in [4.78, 5) is 13.7. The number of nitrogens with two attached hydrogens (primary N) is 1. The first kappa shape index (κ1) is 12.7. The van der Waals surface area contributed by atoms with Crippen LogP contribution in [0.25, 0.3) is 0 Å². The van der Waals surface area contributed by atoms with Gasteiger partial charge in [-0.2, -0.15) is 0 Å². The normalized spacial score (nSPS) is 10.2. The summed E-state index contributed by atoms with van der Waals surface area (Å²) < 4.78 is 0. The molecule has 0 aromatic heterocycles. The van der Waals surface area contributed by atoms with Crippen LogP contribution in [-0.2, 0) is 4.79 Å². The Morgan fingerprint density at radius 1 is 1.44 bits per heavy atom. The third-order valence-corrected chi connectivity index (χ3v) is 2.53. The van der Waals surface area contributed by atoms with Crippen molar-refractivity contribution in [2.24, 2.45) is 5.73 Å². The second-order valence-corrected chi connectivity index (χ2v) is 3.87.